The maximum absolute atomic E-state index is 8.83. The Bertz CT molecular complexity index is 589. The van der Waals surface area contributed by atoms with Gasteiger partial charge in [0.05, 0.1) is 20.3 Å². The van der Waals surface area contributed by atoms with Gasteiger partial charge >= 0.3 is 0 Å². The van der Waals surface area contributed by atoms with Gasteiger partial charge in [0.15, 0.2) is 0 Å². The highest BCUT2D eigenvalue weighted by Crippen LogP contribution is 2.20. The Balaban J connectivity index is 2.24. The first kappa shape index (κ1) is 15.1. The maximum atomic E-state index is 8.83. The number of hydrogen-bond donors (Lipinski definition) is 1. The Labute approximate surface area is 124 Å². The summed E-state index contributed by atoms with van der Waals surface area (Å²) < 4.78 is 10.8. The third kappa shape index (κ3) is 4.06. The summed E-state index contributed by atoms with van der Waals surface area (Å²) in [7, 11) is 1.65. The maximum Gasteiger partial charge on any atom is 0.130 e. The summed E-state index contributed by atoms with van der Waals surface area (Å²) in [4.78, 5) is 1.45. The molecule has 0 saturated carbocycles. The number of benzene rings is 1. The van der Waals surface area contributed by atoms with Crippen molar-refractivity contribution in [3.63, 3.8) is 0 Å². The monoisotopic (exact) mass is 284 g/mol. The number of allylic oxidation sites excluding steroid dienone is 1. The molecule has 0 unspecified atom stereocenters. The molecule has 1 aliphatic rings. The number of morpholine rings is 1. The number of nitriles is 2. The summed E-state index contributed by atoms with van der Waals surface area (Å²) >= 11 is 0. The van der Waals surface area contributed by atoms with E-state index in [1.54, 1.807) is 13.2 Å². The van der Waals surface area contributed by atoms with Crippen LogP contribution < -0.4 is 9.64 Å². The summed E-state index contributed by atoms with van der Waals surface area (Å²) in [5.74, 6) is 0.835. The zero-order valence-corrected chi connectivity index (χ0v) is 12.1. The standard InChI is InChI=1S/C16H17N3O2/c1-20-16-3-2-13(8-14(10-17)11-18)9-15(16)12-19-4-6-21-7-5-19/h2-3,8-9H,4-7,12H2,1H3/p+1. The number of nitrogens with one attached hydrogen (secondary N) is 1. The second-order valence-electron chi connectivity index (χ2n) is 4.89. The van der Waals surface area contributed by atoms with Crippen molar-refractivity contribution in [3.05, 3.63) is 34.9 Å². The third-order valence-electron chi connectivity index (χ3n) is 3.50. The van der Waals surface area contributed by atoms with Crippen molar-refractivity contribution in [1.29, 1.82) is 10.5 Å². The van der Waals surface area contributed by atoms with Crippen LogP contribution in [0.2, 0.25) is 0 Å². The molecule has 1 N–H and O–H groups in total. The first-order chi connectivity index (χ1) is 10.3. The molecule has 2 rings (SSSR count). The summed E-state index contributed by atoms with van der Waals surface area (Å²) in [5, 5.41) is 17.7. The van der Waals surface area contributed by atoms with Gasteiger partial charge in [0.1, 0.15) is 43.1 Å². The second-order valence-corrected chi connectivity index (χ2v) is 4.89. The number of ether oxygens (including phenoxy) is 2. The molecular formula is C16H18N3O2+. The van der Waals surface area contributed by atoms with E-state index < -0.39 is 0 Å². The van der Waals surface area contributed by atoms with E-state index in [0.29, 0.717) is 0 Å². The average Bonchev–Trinajstić information content (AvgIpc) is 2.54. The van der Waals surface area contributed by atoms with Crippen molar-refractivity contribution in [2.24, 2.45) is 0 Å². The number of hydrogen-bond acceptors (Lipinski definition) is 4. The van der Waals surface area contributed by atoms with Crippen LogP contribution in [0.15, 0.2) is 23.8 Å². The van der Waals surface area contributed by atoms with Crippen LogP contribution in [0.25, 0.3) is 6.08 Å². The highest BCUT2D eigenvalue weighted by Gasteiger charge is 2.16. The quantitative estimate of drug-likeness (QED) is 0.819. The molecule has 0 radical (unpaired) electrons. The fourth-order valence-corrected chi connectivity index (χ4v) is 2.39. The van der Waals surface area contributed by atoms with E-state index >= 15 is 0 Å². The van der Waals surface area contributed by atoms with Crippen LogP contribution >= 0.6 is 0 Å². The van der Waals surface area contributed by atoms with Gasteiger partial charge in [-0.2, -0.15) is 10.5 Å². The van der Waals surface area contributed by atoms with E-state index in [-0.39, 0.29) is 5.57 Å². The van der Waals surface area contributed by atoms with Crippen molar-refractivity contribution < 1.29 is 14.4 Å². The SMILES string of the molecule is COc1ccc(C=C(C#N)C#N)cc1C[NH+]1CCOCC1. The predicted molar refractivity (Wildman–Crippen MR) is 77.4 cm³/mol. The normalized spacial score (nSPS) is 14.8. The third-order valence-corrected chi connectivity index (χ3v) is 3.50. The zero-order chi connectivity index (χ0) is 15.1. The lowest BCUT2D eigenvalue weighted by Crippen LogP contribution is -3.12. The number of nitrogens with zero attached hydrogens (tertiary/aromatic N) is 2. The zero-order valence-electron chi connectivity index (χ0n) is 12.1. The van der Waals surface area contributed by atoms with Crippen LogP contribution in [0.3, 0.4) is 0 Å². The van der Waals surface area contributed by atoms with Crippen LogP contribution in [0.4, 0.5) is 0 Å². The van der Waals surface area contributed by atoms with Gasteiger partial charge in [0, 0.05) is 5.56 Å². The summed E-state index contributed by atoms with van der Waals surface area (Å²) in [6.07, 6.45) is 1.59. The molecule has 1 aliphatic heterocycles. The Morgan fingerprint density at radius 2 is 2.05 bits per heavy atom. The molecule has 1 aromatic rings. The van der Waals surface area contributed by atoms with Crippen LogP contribution in [-0.4, -0.2) is 33.4 Å². The topological polar surface area (TPSA) is 70.5 Å². The second kappa shape index (κ2) is 7.44. The molecule has 0 bridgehead atoms. The number of rotatable bonds is 4. The molecule has 0 amide bonds. The number of methoxy groups -OCH3 is 1. The first-order valence-electron chi connectivity index (χ1n) is 6.87. The van der Waals surface area contributed by atoms with Crippen molar-refractivity contribution in [1.82, 2.24) is 0 Å². The Morgan fingerprint density at radius 1 is 1.33 bits per heavy atom. The van der Waals surface area contributed by atoms with Crippen molar-refractivity contribution in [2.75, 3.05) is 33.4 Å². The lowest BCUT2D eigenvalue weighted by molar-refractivity contribution is -0.921. The number of quaternary nitrogens is 1. The highest BCUT2D eigenvalue weighted by atomic mass is 16.5. The molecule has 1 saturated heterocycles. The van der Waals surface area contributed by atoms with Crippen LogP contribution in [0.1, 0.15) is 11.1 Å². The van der Waals surface area contributed by atoms with E-state index in [0.717, 1.165) is 49.7 Å². The van der Waals surface area contributed by atoms with Gasteiger partial charge in [0.2, 0.25) is 0 Å². The van der Waals surface area contributed by atoms with Crippen LogP contribution in [0.5, 0.6) is 5.75 Å². The Morgan fingerprint density at radius 3 is 2.67 bits per heavy atom. The lowest BCUT2D eigenvalue weighted by Gasteiger charge is -2.24. The highest BCUT2D eigenvalue weighted by molar-refractivity contribution is 5.63. The molecule has 0 spiro atoms. The fraction of sp³-hybridized carbons (Fsp3) is 0.375. The molecule has 0 aromatic heterocycles. The van der Waals surface area contributed by atoms with Crippen LogP contribution in [-0.2, 0) is 11.3 Å². The van der Waals surface area contributed by atoms with Gasteiger partial charge < -0.3 is 14.4 Å². The minimum absolute atomic E-state index is 0.102. The first-order valence-corrected chi connectivity index (χ1v) is 6.87. The molecule has 21 heavy (non-hydrogen) atoms. The molecule has 1 aromatic carbocycles. The summed E-state index contributed by atoms with van der Waals surface area (Å²) in [6.45, 7) is 4.37. The van der Waals surface area contributed by atoms with Crippen molar-refractivity contribution in [3.8, 4) is 17.9 Å². The molecule has 1 heterocycles. The molecule has 1 fully saturated rings. The molecular weight excluding hydrogens is 266 g/mol. The van der Waals surface area contributed by atoms with E-state index in [2.05, 4.69) is 0 Å². The minimum Gasteiger partial charge on any atom is -0.496 e. The largest absolute Gasteiger partial charge is 0.496 e. The van der Waals surface area contributed by atoms with E-state index in [1.165, 1.54) is 4.90 Å². The van der Waals surface area contributed by atoms with E-state index in [9.17, 15) is 0 Å². The molecule has 0 atom stereocenters. The molecule has 108 valence electrons. The van der Waals surface area contributed by atoms with E-state index in [1.807, 2.05) is 30.3 Å². The average molecular weight is 284 g/mol. The molecule has 5 nitrogen and oxygen atoms in total. The van der Waals surface area contributed by atoms with E-state index in [4.69, 9.17) is 20.0 Å². The van der Waals surface area contributed by atoms with Gasteiger partial charge in [-0.05, 0) is 23.8 Å². The predicted octanol–water partition coefficient (Wildman–Crippen LogP) is 0.541. The molecule has 0 aliphatic carbocycles. The summed E-state index contributed by atoms with van der Waals surface area (Å²) in [5.41, 5.74) is 2.03. The Hall–Kier alpha value is -2.34. The Kier molecular flexibility index (Phi) is 5.34. The van der Waals surface area contributed by atoms with Gasteiger partial charge in [-0.3, -0.25) is 0 Å². The molecule has 5 heteroatoms. The van der Waals surface area contributed by atoms with Crippen molar-refractivity contribution >= 4 is 6.08 Å². The van der Waals surface area contributed by atoms with Gasteiger partial charge in [-0.15, -0.1) is 0 Å². The van der Waals surface area contributed by atoms with Crippen LogP contribution in [0, 0.1) is 22.7 Å². The van der Waals surface area contributed by atoms with Gasteiger partial charge in [0.25, 0.3) is 0 Å². The van der Waals surface area contributed by atoms with Gasteiger partial charge in [-0.25, -0.2) is 0 Å². The van der Waals surface area contributed by atoms with Gasteiger partial charge in [-0.1, -0.05) is 6.07 Å². The lowest BCUT2D eigenvalue weighted by atomic mass is 10.1. The minimum atomic E-state index is 0.102. The fourth-order valence-electron chi connectivity index (χ4n) is 2.39. The smallest absolute Gasteiger partial charge is 0.130 e. The summed E-state index contributed by atoms with van der Waals surface area (Å²) in [6, 6.07) is 9.47. The van der Waals surface area contributed by atoms with Crippen molar-refractivity contribution in [2.45, 2.75) is 6.54 Å².